The third-order valence-electron chi connectivity index (χ3n) is 5.76. The first-order valence-corrected chi connectivity index (χ1v) is 10.0. The van der Waals surface area contributed by atoms with E-state index in [1.165, 1.54) is 0 Å². The predicted octanol–water partition coefficient (Wildman–Crippen LogP) is 4.89. The summed E-state index contributed by atoms with van der Waals surface area (Å²) in [6.45, 7) is 5.80. The number of Topliss-reactive ketones (excluding diaryl/α,β-unsaturated/α-hetero) is 1. The Bertz CT molecular complexity index is 1010. The summed E-state index contributed by atoms with van der Waals surface area (Å²) in [4.78, 5) is 28.0. The Morgan fingerprint density at radius 1 is 1.10 bits per heavy atom. The van der Waals surface area contributed by atoms with Gasteiger partial charge in [0.25, 0.3) is 0 Å². The highest BCUT2D eigenvalue weighted by Gasteiger charge is 2.42. The molecular weight excluding hydrogens is 362 g/mol. The average molecular weight is 389 g/mol. The highest BCUT2D eigenvalue weighted by molar-refractivity contribution is 6.05. The minimum absolute atomic E-state index is 0.0895. The molecule has 2 N–H and O–H groups in total. The van der Waals surface area contributed by atoms with Crippen molar-refractivity contribution in [2.75, 3.05) is 22.6 Å². The molecule has 0 bridgehead atoms. The zero-order valence-corrected chi connectivity index (χ0v) is 17.4. The van der Waals surface area contributed by atoms with Gasteiger partial charge in [0, 0.05) is 37.3 Å². The number of anilines is 3. The van der Waals surface area contributed by atoms with E-state index in [2.05, 4.69) is 24.5 Å². The molecule has 29 heavy (non-hydrogen) atoms. The van der Waals surface area contributed by atoms with Crippen LogP contribution in [0.5, 0.6) is 0 Å². The van der Waals surface area contributed by atoms with Gasteiger partial charge < -0.3 is 10.6 Å². The summed E-state index contributed by atoms with van der Waals surface area (Å²) in [5.74, 6) is 0.0128. The summed E-state index contributed by atoms with van der Waals surface area (Å²) in [5, 5.41) is 6.63. The van der Waals surface area contributed by atoms with Gasteiger partial charge in [0.1, 0.15) is 0 Å². The summed E-state index contributed by atoms with van der Waals surface area (Å²) in [6, 6.07) is 15.3. The van der Waals surface area contributed by atoms with Crippen molar-refractivity contribution in [1.82, 2.24) is 0 Å². The monoisotopic (exact) mass is 389 g/mol. The molecule has 2 aromatic rings. The third kappa shape index (κ3) is 3.41. The number of nitrogens with zero attached hydrogens (tertiary/aromatic N) is 1. The number of amides is 1. The fourth-order valence-electron chi connectivity index (χ4n) is 4.48. The number of allylic oxidation sites excluding steroid dienone is 1. The van der Waals surface area contributed by atoms with E-state index < -0.39 is 6.04 Å². The number of hydrogen-bond donors (Lipinski definition) is 2. The number of para-hydroxylation sites is 2. The van der Waals surface area contributed by atoms with E-state index in [9.17, 15) is 9.59 Å². The third-order valence-corrected chi connectivity index (χ3v) is 5.76. The fraction of sp³-hybridized carbons (Fsp3) is 0.333. The lowest BCUT2D eigenvalue weighted by Crippen LogP contribution is -2.38. The Balaban J connectivity index is 1.98. The summed E-state index contributed by atoms with van der Waals surface area (Å²) in [5.41, 5.74) is 5.07. The van der Waals surface area contributed by atoms with Gasteiger partial charge in [-0.2, -0.15) is 0 Å². The maximum absolute atomic E-state index is 13.4. The van der Waals surface area contributed by atoms with Crippen molar-refractivity contribution in [1.29, 1.82) is 0 Å². The van der Waals surface area contributed by atoms with Gasteiger partial charge in [-0.15, -0.1) is 0 Å². The molecule has 1 amide bonds. The lowest BCUT2D eigenvalue weighted by Gasteiger charge is -2.36. The number of benzene rings is 2. The number of ketones is 1. The van der Waals surface area contributed by atoms with Crippen LogP contribution in [0.25, 0.3) is 0 Å². The summed E-state index contributed by atoms with van der Waals surface area (Å²) < 4.78 is 0. The number of rotatable bonds is 2. The minimum atomic E-state index is -0.451. The quantitative estimate of drug-likeness (QED) is 0.768. The summed E-state index contributed by atoms with van der Waals surface area (Å²) >= 11 is 0. The zero-order chi connectivity index (χ0) is 20.8. The molecule has 0 fully saturated rings. The number of hydrogen-bond acceptors (Lipinski definition) is 4. The minimum Gasteiger partial charge on any atom is -0.388 e. The molecule has 0 spiro atoms. The van der Waals surface area contributed by atoms with E-state index in [-0.39, 0.29) is 17.1 Å². The summed E-state index contributed by atoms with van der Waals surface area (Å²) in [6.07, 6.45) is 1.24. The molecule has 1 atom stereocenters. The van der Waals surface area contributed by atoms with Crippen molar-refractivity contribution < 1.29 is 9.59 Å². The van der Waals surface area contributed by atoms with E-state index in [0.717, 1.165) is 34.7 Å². The second-order valence-electron chi connectivity index (χ2n) is 8.64. The molecule has 2 aromatic carbocycles. The molecule has 2 aliphatic rings. The summed E-state index contributed by atoms with van der Waals surface area (Å²) in [7, 11) is 1.87. The first kappa shape index (κ1) is 19.2. The van der Waals surface area contributed by atoms with Gasteiger partial charge in [-0.05, 0) is 41.7 Å². The van der Waals surface area contributed by atoms with Crippen molar-refractivity contribution in [2.24, 2.45) is 5.41 Å². The van der Waals surface area contributed by atoms with Crippen LogP contribution in [0.15, 0.2) is 59.8 Å². The number of fused-ring (bicyclic) bond motifs is 1. The SMILES string of the molecule is CNc1ccc(C2C3=C(CC(C)(C)CC3=O)Nc3ccccc3N2C(C)=O)cc1. The van der Waals surface area contributed by atoms with Crippen LogP contribution < -0.4 is 15.5 Å². The van der Waals surface area contributed by atoms with Gasteiger partial charge in [-0.3, -0.25) is 14.5 Å². The molecule has 0 saturated carbocycles. The maximum atomic E-state index is 13.4. The van der Waals surface area contributed by atoms with Crippen LogP contribution in [-0.2, 0) is 9.59 Å². The molecule has 150 valence electrons. The zero-order valence-electron chi connectivity index (χ0n) is 17.4. The van der Waals surface area contributed by atoms with E-state index >= 15 is 0 Å². The van der Waals surface area contributed by atoms with Crippen LogP contribution >= 0.6 is 0 Å². The van der Waals surface area contributed by atoms with E-state index in [1.807, 2.05) is 55.6 Å². The maximum Gasteiger partial charge on any atom is 0.224 e. The second-order valence-corrected chi connectivity index (χ2v) is 8.64. The normalized spacial score (nSPS) is 20.3. The molecule has 0 saturated heterocycles. The van der Waals surface area contributed by atoms with Crippen molar-refractivity contribution in [3.8, 4) is 0 Å². The van der Waals surface area contributed by atoms with Gasteiger partial charge in [-0.1, -0.05) is 38.1 Å². The second kappa shape index (κ2) is 7.07. The van der Waals surface area contributed by atoms with Crippen molar-refractivity contribution in [3.63, 3.8) is 0 Å². The highest BCUT2D eigenvalue weighted by atomic mass is 16.2. The van der Waals surface area contributed by atoms with Crippen molar-refractivity contribution in [3.05, 3.63) is 65.4 Å². The molecule has 5 nitrogen and oxygen atoms in total. The largest absolute Gasteiger partial charge is 0.388 e. The topological polar surface area (TPSA) is 61.4 Å². The lowest BCUT2D eigenvalue weighted by atomic mass is 9.73. The fourth-order valence-corrected chi connectivity index (χ4v) is 4.48. The Hall–Kier alpha value is -3.08. The molecule has 1 aliphatic heterocycles. The van der Waals surface area contributed by atoms with Gasteiger partial charge in [0.05, 0.1) is 17.4 Å². The Morgan fingerprint density at radius 3 is 2.45 bits per heavy atom. The van der Waals surface area contributed by atoms with Crippen molar-refractivity contribution in [2.45, 2.75) is 39.7 Å². The molecule has 1 aliphatic carbocycles. The van der Waals surface area contributed by atoms with Gasteiger partial charge in [0.15, 0.2) is 5.78 Å². The van der Waals surface area contributed by atoms with Crippen LogP contribution in [0.4, 0.5) is 17.1 Å². The Morgan fingerprint density at radius 2 is 1.79 bits per heavy atom. The van der Waals surface area contributed by atoms with Crippen molar-refractivity contribution >= 4 is 28.8 Å². The van der Waals surface area contributed by atoms with Gasteiger partial charge >= 0.3 is 0 Å². The Kier molecular flexibility index (Phi) is 4.69. The molecule has 0 radical (unpaired) electrons. The standard InChI is InChI=1S/C24H27N3O2/c1-15(28)27-20-8-6-5-7-18(20)26-19-13-24(2,3)14-21(29)22(19)23(27)16-9-11-17(25-4)12-10-16/h5-12,23,25-26H,13-14H2,1-4H3. The Labute approximate surface area is 171 Å². The first-order valence-electron chi connectivity index (χ1n) is 10.0. The van der Waals surface area contributed by atoms with Crippen LogP contribution in [0.2, 0.25) is 0 Å². The van der Waals surface area contributed by atoms with Gasteiger partial charge in [0.2, 0.25) is 5.91 Å². The van der Waals surface area contributed by atoms with Crippen LogP contribution in [0.1, 0.15) is 45.2 Å². The van der Waals surface area contributed by atoms with E-state index in [0.29, 0.717) is 12.0 Å². The molecule has 4 rings (SSSR count). The molecule has 1 heterocycles. The number of carbonyl (C=O) groups excluding carboxylic acids is 2. The lowest BCUT2D eigenvalue weighted by molar-refractivity contribution is -0.118. The molecule has 0 aromatic heterocycles. The van der Waals surface area contributed by atoms with Gasteiger partial charge in [-0.25, -0.2) is 0 Å². The number of carbonyl (C=O) groups is 2. The van der Waals surface area contributed by atoms with E-state index in [1.54, 1.807) is 11.8 Å². The molecule has 5 heteroatoms. The number of nitrogens with one attached hydrogen (secondary N) is 2. The predicted molar refractivity (Wildman–Crippen MR) is 117 cm³/mol. The molecule has 1 unspecified atom stereocenters. The van der Waals surface area contributed by atoms with Crippen LogP contribution in [-0.4, -0.2) is 18.7 Å². The molecular formula is C24H27N3O2. The smallest absolute Gasteiger partial charge is 0.224 e. The van der Waals surface area contributed by atoms with E-state index in [4.69, 9.17) is 0 Å². The van der Waals surface area contributed by atoms with Crippen LogP contribution in [0, 0.1) is 5.41 Å². The highest BCUT2D eigenvalue weighted by Crippen LogP contribution is 2.48. The first-order chi connectivity index (χ1) is 13.8. The average Bonchev–Trinajstić information content (AvgIpc) is 2.81. The van der Waals surface area contributed by atoms with Crippen LogP contribution in [0.3, 0.4) is 0 Å².